The van der Waals surface area contributed by atoms with Gasteiger partial charge in [-0.1, -0.05) is 5.16 Å². The van der Waals surface area contributed by atoms with Gasteiger partial charge in [0.05, 0.1) is 19.6 Å². The van der Waals surface area contributed by atoms with Crippen molar-refractivity contribution < 1.29 is 13.3 Å². The van der Waals surface area contributed by atoms with Gasteiger partial charge in [0.2, 0.25) is 5.89 Å². The van der Waals surface area contributed by atoms with Crippen LogP contribution in [0.25, 0.3) is 0 Å². The number of hydrogen-bond donors (Lipinski definition) is 0. The van der Waals surface area contributed by atoms with Gasteiger partial charge in [-0.2, -0.15) is 4.98 Å². The quantitative estimate of drug-likeness (QED) is 0.691. The van der Waals surface area contributed by atoms with Gasteiger partial charge in [-0.05, 0) is 0 Å². The lowest BCUT2D eigenvalue weighted by atomic mass is 10.1. The Labute approximate surface area is 73.5 Å². The zero-order valence-electron chi connectivity index (χ0n) is 7.13. The van der Waals surface area contributed by atoms with Crippen molar-refractivity contribution in [2.24, 2.45) is 0 Å². The van der Waals surface area contributed by atoms with E-state index in [-0.39, 0.29) is 13.1 Å². The van der Waals surface area contributed by atoms with E-state index in [1.54, 1.807) is 11.8 Å². The Morgan fingerprint density at radius 2 is 2.23 bits per heavy atom. The first-order chi connectivity index (χ1) is 6.05. The number of halogens is 2. The van der Waals surface area contributed by atoms with Gasteiger partial charge in [-0.25, -0.2) is 8.78 Å². The van der Waals surface area contributed by atoms with E-state index in [0.29, 0.717) is 18.3 Å². The van der Waals surface area contributed by atoms with Crippen LogP contribution in [0.15, 0.2) is 4.52 Å². The predicted molar refractivity (Wildman–Crippen MR) is 39.3 cm³/mol. The molecule has 13 heavy (non-hydrogen) atoms. The molecule has 1 aromatic heterocycles. The van der Waals surface area contributed by atoms with Crippen LogP contribution in [0, 0.1) is 6.92 Å². The molecule has 4 nitrogen and oxygen atoms in total. The second kappa shape index (κ2) is 2.73. The standard InChI is InChI=1S/C7H9F2N3O/c1-5-10-6(11-13-5)2-12-3-7(8,9)4-12/h2-4H2,1H3. The molecule has 1 saturated heterocycles. The van der Waals surface area contributed by atoms with Crippen molar-refractivity contribution in [3.63, 3.8) is 0 Å². The number of rotatable bonds is 2. The molecule has 1 fully saturated rings. The van der Waals surface area contributed by atoms with Crippen LogP contribution in [-0.2, 0) is 6.54 Å². The number of alkyl halides is 2. The summed E-state index contributed by atoms with van der Waals surface area (Å²) in [5.74, 6) is -1.60. The molecule has 1 aliphatic heterocycles. The molecule has 0 amide bonds. The monoisotopic (exact) mass is 189 g/mol. The van der Waals surface area contributed by atoms with Gasteiger partial charge in [0, 0.05) is 6.92 Å². The van der Waals surface area contributed by atoms with Crippen molar-refractivity contribution in [1.29, 1.82) is 0 Å². The molecule has 0 aromatic carbocycles. The third-order valence-electron chi connectivity index (χ3n) is 1.84. The zero-order valence-corrected chi connectivity index (χ0v) is 7.13. The highest BCUT2D eigenvalue weighted by atomic mass is 19.3. The summed E-state index contributed by atoms with van der Waals surface area (Å²) >= 11 is 0. The fraction of sp³-hybridized carbons (Fsp3) is 0.714. The fourth-order valence-electron chi connectivity index (χ4n) is 1.33. The Balaban J connectivity index is 1.87. The van der Waals surface area contributed by atoms with Crippen molar-refractivity contribution in [3.05, 3.63) is 11.7 Å². The zero-order chi connectivity index (χ0) is 9.47. The molecule has 6 heteroatoms. The first-order valence-corrected chi connectivity index (χ1v) is 3.94. The first-order valence-electron chi connectivity index (χ1n) is 3.94. The van der Waals surface area contributed by atoms with Crippen molar-refractivity contribution in [1.82, 2.24) is 15.0 Å². The minimum Gasteiger partial charge on any atom is -0.340 e. The van der Waals surface area contributed by atoms with Crippen LogP contribution in [0.3, 0.4) is 0 Å². The van der Waals surface area contributed by atoms with E-state index in [1.165, 1.54) is 0 Å². The second-order valence-electron chi connectivity index (χ2n) is 3.23. The smallest absolute Gasteiger partial charge is 0.272 e. The molecule has 0 N–H and O–H groups in total. The van der Waals surface area contributed by atoms with E-state index in [9.17, 15) is 8.78 Å². The molecule has 0 atom stereocenters. The van der Waals surface area contributed by atoms with E-state index in [2.05, 4.69) is 10.1 Å². The predicted octanol–water partition coefficient (Wildman–Crippen LogP) is 0.829. The van der Waals surface area contributed by atoms with E-state index in [1.807, 2.05) is 0 Å². The molecule has 2 rings (SSSR count). The molecule has 72 valence electrons. The van der Waals surface area contributed by atoms with Crippen molar-refractivity contribution >= 4 is 0 Å². The maximum atomic E-state index is 12.4. The van der Waals surface area contributed by atoms with Crippen molar-refractivity contribution in [2.45, 2.75) is 19.4 Å². The Hall–Kier alpha value is -1.04. The number of aromatic nitrogens is 2. The van der Waals surface area contributed by atoms with Gasteiger partial charge in [-0.3, -0.25) is 4.90 Å². The second-order valence-corrected chi connectivity index (χ2v) is 3.23. The van der Waals surface area contributed by atoms with Crippen LogP contribution in [0.4, 0.5) is 8.78 Å². The largest absolute Gasteiger partial charge is 0.340 e. The normalized spacial score (nSPS) is 21.5. The lowest BCUT2D eigenvalue weighted by molar-refractivity contribution is -0.134. The maximum Gasteiger partial charge on any atom is 0.272 e. The molecule has 2 heterocycles. The summed E-state index contributed by atoms with van der Waals surface area (Å²) in [4.78, 5) is 5.49. The molecule has 0 bridgehead atoms. The van der Waals surface area contributed by atoms with E-state index in [4.69, 9.17) is 4.52 Å². The summed E-state index contributed by atoms with van der Waals surface area (Å²) < 4.78 is 29.5. The molecule has 0 unspecified atom stereocenters. The van der Waals surface area contributed by atoms with Crippen LogP contribution in [0.5, 0.6) is 0 Å². The topological polar surface area (TPSA) is 42.2 Å². The number of nitrogens with zero attached hydrogens (tertiary/aromatic N) is 3. The number of likely N-dealkylation sites (tertiary alicyclic amines) is 1. The minimum atomic E-state index is -2.53. The average molecular weight is 189 g/mol. The summed E-state index contributed by atoms with van der Waals surface area (Å²) in [6, 6.07) is 0. The lowest BCUT2D eigenvalue weighted by Crippen LogP contribution is -2.55. The van der Waals surface area contributed by atoms with Gasteiger partial charge in [-0.15, -0.1) is 0 Å². The summed E-state index contributed by atoms with van der Waals surface area (Å²) in [6.45, 7) is 1.59. The van der Waals surface area contributed by atoms with E-state index in [0.717, 1.165) is 0 Å². The highest BCUT2D eigenvalue weighted by Crippen LogP contribution is 2.27. The van der Waals surface area contributed by atoms with Gasteiger partial charge in [0.1, 0.15) is 0 Å². The number of aryl methyl sites for hydroxylation is 1. The Kier molecular flexibility index (Phi) is 1.80. The third-order valence-corrected chi connectivity index (χ3v) is 1.84. The SMILES string of the molecule is Cc1nc(CN2CC(F)(F)C2)no1. The Morgan fingerprint density at radius 3 is 2.69 bits per heavy atom. The molecule has 0 saturated carbocycles. The number of hydrogen-bond acceptors (Lipinski definition) is 4. The molecule has 1 aromatic rings. The maximum absolute atomic E-state index is 12.4. The highest BCUT2D eigenvalue weighted by Gasteiger charge is 2.43. The fourth-order valence-corrected chi connectivity index (χ4v) is 1.33. The molecular weight excluding hydrogens is 180 g/mol. The van der Waals surface area contributed by atoms with Crippen LogP contribution in [0.2, 0.25) is 0 Å². The molecular formula is C7H9F2N3O. The summed E-state index contributed by atoms with van der Waals surface area (Å²) in [6.07, 6.45) is 0. The van der Waals surface area contributed by atoms with E-state index < -0.39 is 5.92 Å². The molecule has 1 aliphatic rings. The van der Waals surface area contributed by atoms with Crippen molar-refractivity contribution in [3.8, 4) is 0 Å². The minimum absolute atomic E-state index is 0.208. The van der Waals surface area contributed by atoms with Crippen molar-refractivity contribution in [2.75, 3.05) is 13.1 Å². The van der Waals surface area contributed by atoms with Crippen LogP contribution in [0.1, 0.15) is 11.7 Å². The third kappa shape index (κ3) is 1.82. The van der Waals surface area contributed by atoms with Gasteiger partial charge >= 0.3 is 0 Å². The van der Waals surface area contributed by atoms with Crippen LogP contribution >= 0.6 is 0 Å². The van der Waals surface area contributed by atoms with Gasteiger partial charge < -0.3 is 4.52 Å². The van der Waals surface area contributed by atoms with Crippen LogP contribution < -0.4 is 0 Å². The summed E-state index contributed by atoms with van der Waals surface area (Å²) in [7, 11) is 0. The highest BCUT2D eigenvalue weighted by molar-refractivity contribution is 4.92. The molecule has 0 aliphatic carbocycles. The van der Waals surface area contributed by atoms with E-state index >= 15 is 0 Å². The first kappa shape index (κ1) is 8.55. The van der Waals surface area contributed by atoms with Gasteiger partial charge in [0.15, 0.2) is 5.82 Å². The summed E-state index contributed by atoms with van der Waals surface area (Å²) in [5, 5.41) is 3.61. The van der Waals surface area contributed by atoms with Crippen LogP contribution in [-0.4, -0.2) is 34.1 Å². The Bertz CT molecular complexity index is 304. The summed E-state index contributed by atoms with van der Waals surface area (Å²) in [5.41, 5.74) is 0. The lowest BCUT2D eigenvalue weighted by Gasteiger charge is -2.37. The molecule has 0 radical (unpaired) electrons. The van der Waals surface area contributed by atoms with Gasteiger partial charge in [0.25, 0.3) is 5.92 Å². The Morgan fingerprint density at radius 1 is 1.54 bits per heavy atom. The molecule has 0 spiro atoms. The average Bonchev–Trinajstić information content (AvgIpc) is 2.31.